The van der Waals surface area contributed by atoms with E-state index in [0.29, 0.717) is 17.8 Å². The van der Waals surface area contributed by atoms with E-state index in [1.807, 2.05) is 0 Å². The Labute approximate surface area is 104 Å². The summed E-state index contributed by atoms with van der Waals surface area (Å²) >= 11 is 0. The summed E-state index contributed by atoms with van der Waals surface area (Å²) in [5, 5.41) is 2.94. The van der Waals surface area contributed by atoms with Crippen LogP contribution in [0.5, 0.6) is 0 Å². The molecule has 0 heterocycles. The monoisotopic (exact) mass is 247 g/mol. The molecule has 0 atom stereocenters. The second-order valence-electron chi connectivity index (χ2n) is 4.14. The summed E-state index contributed by atoms with van der Waals surface area (Å²) < 4.78 is 26.5. The third kappa shape index (κ3) is 2.59. The fourth-order valence-corrected chi connectivity index (χ4v) is 1.63. The molecule has 2 aromatic rings. The van der Waals surface area contributed by atoms with Gasteiger partial charge in [0.05, 0.1) is 11.4 Å². The molecule has 18 heavy (non-hydrogen) atoms. The van der Waals surface area contributed by atoms with Crippen molar-refractivity contribution in [3.63, 3.8) is 0 Å². The van der Waals surface area contributed by atoms with Crippen molar-refractivity contribution >= 4 is 11.4 Å². The number of aryl methyl sites for hydroxylation is 1. The maximum atomic E-state index is 13.8. The Morgan fingerprint density at radius 2 is 1.72 bits per heavy atom. The Morgan fingerprint density at radius 1 is 1.06 bits per heavy atom. The van der Waals surface area contributed by atoms with Crippen LogP contribution in [0.15, 0.2) is 36.4 Å². The molecule has 2 aromatic carbocycles. The summed E-state index contributed by atoms with van der Waals surface area (Å²) in [6, 6.07) is 9.44. The molecule has 0 spiro atoms. The van der Waals surface area contributed by atoms with E-state index < -0.39 is 5.82 Å². The van der Waals surface area contributed by atoms with Crippen molar-refractivity contribution in [1.29, 1.82) is 0 Å². The first-order valence-corrected chi connectivity index (χ1v) is 5.61. The third-order valence-electron chi connectivity index (χ3n) is 2.79. The predicted octanol–water partition coefficient (Wildman–Crippen LogP) is 3.47. The molecule has 3 N–H and O–H groups in total. The van der Waals surface area contributed by atoms with Gasteiger partial charge in [-0.3, -0.25) is 0 Å². The number of rotatable bonds is 3. The number of nitrogen functional groups attached to an aromatic ring is 1. The Hall–Kier alpha value is -2.10. The van der Waals surface area contributed by atoms with Gasteiger partial charge in [-0.15, -0.1) is 0 Å². The molecular formula is C14H14F2N2. The number of nitrogens with one attached hydrogen (secondary N) is 1. The van der Waals surface area contributed by atoms with Gasteiger partial charge < -0.3 is 11.1 Å². The number of benzene rings is 2. The highest BCUT2D eigenvalue weighted by molar-refractivity contribution is 5.60. The smallest absolute Gasteiger partial charge is 0.169 e. The van der Waals surface area contributed by atoms with E-state index in [0.717, 1.165) is 5.56 Å². The van der Waals surface area contributed by atoms with E-state index in [4.69, 9.17) is 5.73 Å². The van der Waals surface area contributed by atoms with Gasteiger partial charge in [0.1, 0.15) is 5.82 Å². The largest absolute Gasteiger partial charge is 0.396 e. The van der Waals surface area contributed by atoms with Crippen LogP contribution in [0, 0.1) is 18.6 Å². The molecule has 0 radical (unpaired) electrons. The van der Waals surface area contributed by atoms with Crippen molar-refractivity contribution in [1.82, 2.24) is 0 Å². The minimum atomic E-state index is -0.447. The quantitative estimate of drug-likeness (QED) is 0.815. The summed E-state index contributed by atoms with van der Waals surface area (Å²) in [5.74, 6) is -0.735. The zero-order valence-electron chi connectivity index (χ0n) is 10.0. The Balaban J connectivity index is 2.11. The maximum Gasteiger partial charge on any atom is 0.169 e. The van der Waals surface area contributed by atoms with Crippen LogP contribution < -0.4 is 11.1 Å². The van der Waals surface area contributed by atoms with Crippen LogP contribution in [-0.4, -0.2) is 0 Å². The second kappa shape index (κ2) is 5.04. The third-order valence-corrected chi connectivity index (χ3v) is 2.79. The lowest BCUT2D eigenvalue weighted by Gasteiger charge is -2.10. The highest BCUT2D eigenvalue weighted by Gasteiger charge is 2.07. The Morgan fingerprint density at radius 3 is 2.39 bits per heavy atom. The summed E-state index contributed by atoms with van der Waals surface area (Å²) in [5.41, 5.74) is 7.69. The molecule has 0 aliphatic rings. The van der Waals surface area contributed by atoms with Crippen LogP contribution in [0.4, 0.5) is 20.2 Å². The molecule has 2 nitrogen and oxygen atoms in total. The molecule has 0 saturated carbocycles. The van der Waals surface area contributed by atoms with Gasteiger partial charge in [0.15, 0.2) is 5.82 Å². The van der Waals surface area contributed by atoms with Crippen LogP contribution >= 0.6 is 0 Å². The summed E-state index contributed by atoms with van der Waals surface area (Å²) in [4.78, 5) is 0. The van der Waals surface area contributed by atoms with Crippen LogP contribution in [0.3, 0.4) is 0 Å². The van der Waals surface area contributed by atoms with Crippen LogP contribution in [0.1, 0.15) is 11.1 Å². The van der Waals surface area contributed by atoms with Gasteiger partial charge in [-0.2, -0.15) is 0 Å². The fraction of sp³-hybridized carbons (Fsp3) is 0.143. The average molecular weight is 247 g/mol. The van der Waals surface area contributed by atoms with Gasteiger partial charge in [0, 0.05) is 6.54 Å². The minimum Gasteiger partial charge on any atom is -0.396 e. The van der Waals surface area contributed by atoms with Crippen LogP contribution in [0.25, 0.3) is 0 Å². The zero-order chi connectivity index (χ0) is 13.1. The molecular weight excluding hydrogens is 233 g/mol. The lowest BCUT2D eigenvalue weighted by molar-refractivity contribution is 0.626. The first-order chi connectivity index (χ1) is 8.58. The highest BCUT2D eigenvalue weighted by atomic mass is 19.1. The van der Waals surface area contributed by atoms with E-state index >= 15 is 0 Å². The lowest BCUT2D eigenvalue weighted by Crippen LogP contribution is -2.04. The molecule has 0 amide bonds. The molecule has 94 valence electrons. The first-order valence-electron chi connectivity index (χ1n) is 5.61. The molecule has 0 unspecified atom stereocenters. The van der Waals surface area contributed by atoms with Gasteiger partial charge >= 0.3 is 0 Å². The van der Waals surface area contributed by atoms with E-state index in [-0.39, 0.29) is 11.5 Å². The van der Waals surface area contributed by atoms with E-state index in [1.165, 1.54) is 12.1 Å². The van der Waals surface area contributed by atoms with Crippen LogP contribution in [-0.2, 0) is 6.54 Å². The Bertz CT molecular complexity index is 550. The van der Waals surface area contributed by atoms with Crippen molar-refractivity contribution in [2.45, 2.75) is 13.5 Å². The van der Waals surface area contributed by atoms with Gasteiger partial charge in [0.2, 0.25) is 0 Å². The molecule has 0 fully saturated rings. The van der Waals surface area contributed by atoms with E-state index in [9.17, 15) is 8.78 Å². The van der Waals surface area contributed by atoms with Crippen molar-refractivity contribution < 1.29 is 8.78 Å². The molecule has 0 aromatic heterocycles. The van der Waals surface area contributed by atoms with E-state index in [2.05, 4.69) is 5.32 Å². The van der Waals surface area contributed by atoms with Crippen LogP contribution in [0.2, 0.25) is 0 Å². The average Bonchev–Trinajstić information content (AvgIpc) is 2.37. The van der Waals surface area contributed by atoms with Crippen molar-refractivity contribution in [2.75, 3.05) is 11.1 Å². The molecule has 2 rings (SSSR count). The fourth-order valence-electron chi connectivity index (χ4n) is 1.63. The van der Waals surface area contributed by atoms with Crippen molar-refractivity contribution in [2.24, 2.45) is 0 Å². The lowest BCUT2D eigenvalue weighted by atomic mass is 10.1. The topological polar surface area (TPSA) is 38.0 Å². The highest BCUT2D eigenvalue weighted by Crippen LogP contribution is 2.23. The first kappa shape index (κ1) is 12.4. The predicted molar refractivity (Wildman–Crippen MR) is 69.3 cm³/mol. The second-order valence-corrected chi connectivity index (χ2v) is 4.14. The molecule has 0 bridgehead atoms. The van der Waals surface area contributed by atoms with Crippen molar-refractivity contribution in [3.8, 4) is 0 Å². The van der Waals surface area contributed by atoms with Gasteiger partial charge in [-0.05, 0) is 36.2 Å². The normalized spacial score (nSPS) is 10.4. The van der Waals surface area contributed by atoms with Gasteiger partial charge in [0.25, 0.3) is 0 Å². The standard InChI is InChI=1S/C14H14F2N2/c1-9-2-7-12(13(16)14(9)17)18-8-10-3-5-11(15)6-4-10/h2-7,18H,8,17H2,1H3/i15-1. The number of halogens is 2. The molecule has 4 heteroatoms. The summed E-state index contributed by atoms with van der Waals surface area (Å²) in [7, 11) is 0. The molecule has 0 aliphatic heterocycles. The summed E-state index contributed by atoms with van der Waals surface area (Å²) in [6.07, 6.45) is 0. The molecule has 0 aliphatic carbocycles. The van der Waals surface area contributed by atoms with Gasteiger partial charge in [-0.1, -0.05) is 18.2 Å². The zero-order valence-corrected chi connectivity index (χ0v) is 10.0. The number of nitrogens with two attached hydrogens (primary N) is 1. The summed E-state index contributed by atoms with van der Waals surface area (Å²) in [6.45, 7) is 2.17. The minimum absolute atomic E-state index is 0.152. The number of anilines is 2. The number of hydrogen-bond donors (Lipinski definition) is 2. The SMILES string of the molecule is Cc1ccc(NCc2ccc([18F])cc2)c(F)c1N. The molecule has 0 saturated heterocycles. The van der Waals surface area contributed by atoms with Gasteiger partial charge in [-0.25, -0.2) is 8.78 Å². The maximum absolute atomic E-state index is 13.8. The van der Waals surface area contributed by atoms with E-state index in [1.54, 1.807) is 31.2 Å². The van der Waals surface area contributed by atoms with Crippen molar-refractivity contribution in [3.05, 3.63) is 59.2 Å². The number of hydrogen-bond acceptors (Lipinski definition) is 2. The Kier molecular flexibility index (Phi) is 3.46.